The Hall–Kier alpha value is -2.64. The summed E-state index contributed by atoms with van der Waals surface area (Å²) in [5, 5.41) is 19.7. The monoisotopic (exact) mass is 282 g/mol. The molecule has 20 heavy (non-hydrogen) atoms. The molecule has 0 aliphatic heterocycles. The zero-order chi connectivity index (χ0) is 15.4. The fourth-order valence-electron chi connectivity index (χ4n) is 1.50. The Bertz CT molecular complexity index is 555. The first-order valence-corrected chi connectivity index (χ1v) is 5.63. The quantitative estimate of drug-likeness (QED) is 0.640. The number of nitrogens with zero attached hydrogens (tertiary/aromatic N) is 2. The average molecular weight is 282 g/mol. The van der Waals surface area contributed by atoms with Crippen LogP contribution in [0.5, 0.6) is 5.75 Å². The Balaban J connectivity index is 3.09. The number of nitro groups is 1. The van der Waals surface area contributed by atoms with E-state index < -0.39 is 22.7 Å². The number of carboxylic acids is 1. The summed E-state index contributed by atoms with van der Waals surface area (Å²) in [5.41, 5.74) is -0.723. The van der Waals surface area contributed by atoms with Gasteiger partial charge in [-0.25, -0.2) is 4.79 Å². The van der Waals surface area contributed by atoms with Crippen molar-refractivity contribution in [3.63, 3.8) is 0 Å². The molecule has 0 aliphatic carbocycles. The number of hydrogen-bond donors (Lipinski definition) is 1. The largest absolute Gasteiger partial charge is 0.478 e. The Kier molecular flexibility index (Phi) is 4.63. The first-order valence-electron chi connectivity index (χ1n) is 5.63. The van der Waals surface area contributed by atoms with Gasteiger partial charge in [-0.15, -0.1) is 0 Å². The van der Waals surface area contributed by atoms with Gasteiger partial charge in [-0.1, -0.05) is 0 Å². The van der Waals surface area contributed by atoms with Crippen LogP contribution in [0, 0.1) is 10.1 Å². The lowest BCUT2D eigenvalue weighted by molar-refractivity contribution is -0.386. The zero-order valence-electron chi connectivity index (χ0n) is 11.2. The molecule has 1 amide bonds. The maximum atomic E-state index is 11.6. The highest BCUT2D eigenvalue weighted by Gasteiger charge is 2.23. The Labute approximate surface area is 114 Å². The van der Waals surface area contributed by atoms with Gasteiger partial charge in [-0.05, 0) is 19.1 Å². The van der Waals surface area contributed by atoms with E-state index >= 15 is 0 Å². The van der Waals surface area contributed by atoms with Crippen molar-refractivity contribution < 1.29 is 24.4 Å². The lowest BCUT2D eigenvalue weighted by atomic mass is 10.2. The number of aromatic carboxylic acids is 1. The first-order chi connectivity index (χ1) is 9.23. The number of carbonyl (C=O) groups excluding carboxylic acids is 1. The van der Waals surface area contributed by atoms with Crippen molar-refractivity contribution in [2.75, 3.05) is 14.1 Å². The first kappa shape index (κ1) is 15.4. The highest BCUT2D eigenvalue weighted by molar-refractivity contribution is 5.89. The molecule has 0 heterocycles. The maximum absolute atomic E-state index is 11.6. The third-order valence-electron chi connectivity index (χ3n) is 2.49. The van der Waals surface area contributed by atoms with Gasteiger partial charge in [0.05, 0.1) is 10.5 Å². The molecule has 0 saturated carbocycles. The predicted octanol–water partition coefficient (Wildman–Crippen LogP) is 1.15. The smallest absolute Gasteiger partial charge is 0.335 e. The molecule has 1 aromatic carbocycles. The second-order valence-electron chi connectivity index (χ2n) is 4.24. The fraction of sp³-hybridized carbons (Fsp3) is 0.333. The molecule has 1 unspecified atom stereocenters. The number of rotatable bonds is 5. The molecule has 1 N–H and O–H groups in total. The molecule has 0 spiro atoms. The molecular weight excluding hydrogens is 268 g/mol. The van der Waals surface area contributed by atoms with Crippen LogP contribution in [0.1, 0.15) is 17.3 Å². The van der Waals surface area contributed by atoms with E-state index in [1.165, 1.54) is 38.1 Å². The Morgan fingerprint density at radius 3 is 2.45 bits per heavy atom. The van der Waals surface area contributed by atoms with Gasteiger partial charge in [0.2, 0.25) is 0 Å². The van der Waals surface area contributed by atoms with Crippen molar-refractivity contribution >= 4 is 17.6 Å². The lowest BCUT2D eigenvalue weighted by Gasteiger charge is -2.18. The van der Waals surface area contributed by atoms with Crippen LogP contribution in [-0.4, -0.2) is 47.0 Å². The second-order valence-corrected chi connectivity index (χ2v) is 4.24. The van der Waals surface area contributed by atoms with Crippen LogP contribution >= 0.6 is 0 Å². The van der Waals surface area contributed by atoms with Crippen molar-refractivity contribution in [2.24, 2.45) is 0 Å². The van der Waals surface area contributed by atoms with E-state index in [0.717, 1.165) is 6.07 Å². The highest BCUT2D eigenvalue weighted by atomic mass is 16.6. The van der Waals surface area contributed by atoms with Crippen molar-refractivity contribution in [3.05, 3.63) is 33.9 Å². The summed E-state index contributed by atoms with van der Waals surface area (Å²) >= 11 is 0. The van der Waals surface area contributed by atoms with E-state index in [4.69, 9.17) is 9.84 Å². The molecule has 0 radical (unpaired) electrons. The van der Waals surface area contributed by atoms with Gasteiger partial charge in [0.1, 0.15) is 0 Å². The molecule has 0 fully saturated rings. The van der Waals surface area contributed by atoms with Gasteiger partial charge in [0.25, 0.3) is 5.91 Å². The van der Waals surface area contributed by atoms with Crippen LogP contribution < -0.4 is 4.74 Å². The minimum atomic E-state index is -1.28. The van der Waals surface area contributed by atoms with Crippen molar-refractivity contribution in [3.8, 4) is 5.75 Å². The Morgan fingerprint density at radius 1 is 1.40 bits per heavy atom. The number of ether oxygens (including phenoxy) is 1. The minimum Gasteiger partial charge on any atom is -0.478 e. The average Bonchev–Trinajstić information content (AvgIpc) is 2.37. The van der Waals surface area contributed by atoms with E-state index in [9.17, 15) is 19.7 Å². The van der Waals surface area contributed by atoms with Crippen LogP contribution in [0.2, 0.25) is 0 Å². The van der Waals surface area contributed by atoms with E-state index in [0.29, 0.717) is 0 Å². The van der Waals surface area contributed by atoms with E-state index in [2.05, 4.69) is 0 Å². The normalized spacial score (nSPS) is 11.6. The lowest BCUT2D eigenvalue weighted by Crippen LogP contribution is -2.35. The van der Waals surface area contributed by atoms with E-state index in [1.807, 2.05) is 0 Å². The topological polar surface area (TPSA) is 110 Å². The number of hydrogen-bond acceptors (Lipinski definition) is 5. The summed E-state index contributed by atoms with van der Waals surface area (Å²) in [6.45, 7) is 1.46. The third kappa shape index (κ3) is 3.44. The van der Waals surface area contributed by atoms with Gasteiger partial charge in [-0.2, -0.15) is 0 Å². The number of carbonyl (C=O) groups is 2. The summed E-state index contributed by atoms with van der Waals surface area (Å²) < 4.78 is 5.24. The standard InChI is InChI=1S/C12H14N2O6/c1-7(11(15)13(2)3)20-10-5-4-8(12(16)17)6-9(10)14(18)19/h4-7H,1-3H3,(H,16,17). The molecule has 108 valence electrons. The predicted molar refractivity (Wildman–Crippen MR) is 68.8 cm³/mol. The van der Waals surface area contributed by atoms with Gasteiger partial charge in [0.15, 0.2) is 11.9 Å². The highest BCUT2D eigenvalue weighted by Crippen LogP contribution is 2.29. The molecule has 8 heteroatoms. The zero-order valence-corrected chi connectivity index (χ0v) is 11.2. The van der Waals surface area contributed by atoms with Crippen LogP contribution in [-0.2, 0) is 4.79 Å². The van der Waals surface area contributed by atoms with Crippen LogP contribution in [0.3, 0.4) is 0 Å². The fourth-order valence-corrected chi connectivity index (χ4v) is 1.50. The van der Waals surface area contributed by atoms with Crippen molar-refractivity contribution in [1.29, 1.82) is 0 Å². The summed E-state index contributed by atoms with van der Waals surface area (Å²) in [5.74, 6) is -1.79. The maximum Gasteiger partial charge on any atom is 0.335 e. The van der Waals surface area contributed by atoms with Gasteiger partial charge < -0.3 is 14.7 Å². The summed E-state index contributed by atoms with van der Waals surface area (Å²) in [7, 11) is 3.06. The van der Waals surface area contributed by atoms with Gasteiger partial charge in [-0.3, -0.25) is 14.9 Å². The third-order valence-corrected chi connectivity index (χ3v) is 2.49. The molecular formula is C12H14N2O6. The van der Waals surface area contributed by atoms with E-state index in [-0.39, 0.29) is 17.2 Å². The van der Waals surface area contributed by atoms with Crippen LogP contribution in [0.25, 0.3) is 0 Å². The Morgan fingerprint density at radius 2 is 2.00 bits per heavy atom. The second kappa shape index (κ2) is 6.00. The molecule has 0 bridgehead atoms. The van der Waals surface area contributed by atoms with Crippen LogP contribution in [0.15, 0.2) is 18.2 Å². The molecule has 0 saturated heterocycles. The number of nitro benzene ring substituents is 1. The number of benzene rings is 1. The minimum absolute atomic E-state index is 0.150. The SMILES string of the molecule is CC(Oc1ccc(C(=O)O)cc1[N+](=O)[O-])C(=O)N(C)C. The van der Waals surface area contributed by atoms with Crippen molar-refractivity contribution in [1.82, 2.24) is 4.90 Å². The molecule has 8 nitrogen and oxygen atoms in total. The molecule has 1 atom stereocenters. The summed E-state index contributed by atoms with van der Waals surface area (Å²) in [4.78, 5) is 33.9. The molecule has 0 aliphatic rings. The summed E-state index contributed by atoms with van der Waals surface area (Å²) in [6, 6.07) is 3.24. The van der Waals surface area contributed by atoms with Crippen molar-refractivity contribution in [2.45, 2.75) is 13.0 Å². The van der Waals surface area contributed by atoms with E-state index in [1.54, 1.807) is 0 Å². The molecule has 1 rings (SSSR count). The number of likely N-dealkylation sites (N-methyl/N-ethyl adjacent to an activating group) is 1. The van der Waals surface area contributed by atoms with Gasteiger partial charge in [0, 0.05) is 20.2 Å². The number of amides is 1. The number of carboxylic acid groups (broad SMARTS) is 1. The molecule has 1 aromatic rings. The summed E-state index contributed by atoms with van der Waals surface area (Å²) in [6.07, 6.45) is -0.917. The van der Waals surface area contributed by atoms with Gasteiger partial charge >= 0.3 is 11.7 Å². The molecule has 0 aromatic heterocycles. The van der Waals surface area contributed by atoms with Crippen LogP contribution in [0.4, 0.5) is 5.69 Å².